The first-order valence-electron chi connectivity index (χ1n) is 7.89. The van der Waals surface area contributed by atoms with Gasteiger partial charge in [-0.15, -0.1) is 0 Å². The monoisotopic (exact) mass is 313 g/mol. The van der Waals surface area contributed by atoms with Crippen LogP contribution in [0.4, 0.5) is 0 Å². The predicted molar refractivity (Wildman–Crippen MR) is 84.6 cm³/mol. The van der Waals surface area contributed by atoms with E-state index >= 15 is 0 Å². The molecule has 3 aliphatic heterocycles. The Morgan fingerprint density at radius 3 is 2.96 bits per heavy atom. The number of carbonyl (C=O) groups is 1. The molecule has 0 aromatic heterocycles. The van der Waals surface area contributed by atoms with Crippen molar-refractivity contribution in [3.8, 4) is 5.75 Å². The maximum absolute atomic E-state index is 12.7. The first-order chi connectivity index (χ1) is 11.2. The summed E-state index contributed by atoms with van der Waals surface area (Å²) in [6.45, 7) is 1.33. The molecule has 1 amide bonds. The fraction of sp³-hybridized carbons (Fsp3) is 0.389. The van der Waals surface area contributed by atoms with Crippen LogP contribution in [0, 0.1) is 0 Å². The maximum atomic E-state index is 12.7. The lowest BCUT2D eigenvalue weighted by atomic mass is 10.1. The smallest absolute Gasteiger partial charge is 0.311 e. The van der Waals surface area contributed by atoms with E-state index in [2.05, 4.69) is 0 Å². The molecule has 2 atom stereocenters. The van der Waals surface area contributed by atoms with Gasteiger partial charge in [-0.1, -0.05) is 12.1 Å². The molecule has 0 aliphatic carbocycles. The molecule has 3 aliphatic rings. The van der Waals surface area contributed by atoms with Gasteiger partial charge in [-0.2, -0.15) is 0 Å². The summed E-state index contributed by atoms with van der Waals surface area (Å²) in [7, 11) is 1.64. The lowest BCUT2D eigenvalue weighted by molar-refractivity contribution is -0.219. The number of allylic oxidation sites excluding steroid dienone is 1. The van der Waals surface area contributed by atoms with Crippen molar-refractivity contribution in [3.63, 3.8) is 0 Å². The number of amides is 1. The second-order valence-corrected chi connectivity index (χ2v) is 6.03. The number of methoxy groups -OCH3 is 1. The molecule has 0 unspecified atom stereocenters. The first kappa shape index (κ1) is 14.3. The molecule has 3 heterocycles. The summed E-state index contributed by atoms with van der Waals surface area (Å²) in [5.41, 5.74) is 0.977. The summed E-state index contributed by atoms with van der Waals surface area (Å²) >= 11 is 0. The molecule has 5 heteroatoms. The minimum Gasteiger partial charge on any atom is -0.497 e. The quantitative estimate of drug-likeness (QED) is 0.841. The van der Waals surface area contributed by atoms with Gasteiger partial charge in [-0.25, -0.2) is 0 Å². The Balaban J connectivity index is 1.53. The number of morpholine rings is 1. The van der Waals surface area contributed by atoms with Gasteiger partial charge in [0.1, 0.15) is 11.5 Å². The van der Waals surface area contributed by atoms with Crippen molar-refractivity contribution in [1.82, 2.24) is 4.90 Å². The Morgan fingerprint density at radius 2 is 2.17 bits per heavy atom. The summed E-state index contributed by atoms with van der Waals surface area (Å²) in [4.78, 5) is 14.6. The van der Waals surface area contributed by atoms with Crippen LogP contribution >= 0.6 is 0 Å². The molecule has 2 saturated heterocycles. The lowest BCUT2D eigenvalue weighted by Crippen LogP contribution is -2.58. The summed E-state index contributed by atoms with van der Waals surface area (Å²) in [6, 6.07) is 7.86. The van der Waals surface area contributed by atoms with E-state index in [1.807, 2.05) is 35.2 Å². The van der Waals surface area contributed by atoms with Crippen LogP contribution in [0.2, 0.25) is 0 Å². The summed E-state index contributed by atoms with van der Waals surface area (Å²) in [5, 5.41) is 0. The molecule has 0 bridgehead atoms. The molecular formula is C18H19NO4. The average Bonchev–Trinajstić information content (AvgIpc) is 3.20. The lowest BCUT2D eigenvalue weighted by Gasteiger charge is -2.39. The molecule has 0 N–H and O–H groups in total. The molecule has 5 nitrogen and oxygen atoms in total. The SMILES string of the molecule is COc1ccc(/C=C2\C=C[C@]3(OC[C@@H]4CCCN4C3=O)O2)cc1. The maximum Gasteiger partial charge on any atom is 0.311 e. The molecule has 1 spiro atoms. The Hall–Kier alpha value is -2.27. The van der Waals surface area contributed by atoms with Crippen molar-refractivity contribution in [1.29, 1.82) is 0 Å². The van der Waals surface area contributed by atoms with Crippen molar-refractivity contribution < 1.29 is 19.0 Å². The Morgan fingerprint density at radius 1 is 1.35 bits per heavy atom. The van der Waals surface area contributed by atoms with Crippen molar-refractivity contribution in [2.45, 2.75) is 24.7 Å². The number of hydrogen-bond donors (Lipinski definition) is 0. The van der Waals surface area contributed by atoms with Crippen LogP contribution in [-0.2, 0) is 14.3 Å². The molecule has 4 rings (SSSR count). The molecule has 1 aromatic rings. The zero-order valence-electron chi connectivity index (χ0n) is 13.0. The van der Waals surface area contributed by atoms with Gasteiger partial charge in [0.05, 0.1) is 19.8 Å². The van der Waals surface area contributed by atoms with Gasteiger partial charge in [-0.3, -0.25) is 4.79 Å². The van der Waals surface area contributed by atoms with Gasteiger partial charge in [0.15, 0.2) is 0 Å². The second kappa shape index (κ2) is 5.42. The van der Waals surface area contributed by atoms with E-state index < -0.39 is 5.79 Å². The van der Waals surface area contributed by atoms with Crippen molar-refractivity contribution >= 4 is 12.0 Å². The molecule has 120 valence electrons. The van der Waals surface area contributed by atoms with Crippen molar-refractivity contribution in [2.24, 2.45) is 0 Å². The second-order valence-electron chi connectivity index (χ2n) is 6.03. The molecular weight excluding hydrogens is 294 g/mol. The molecule has 1 aromatic carbocycles. The number of carbonyl (C=O) groups excluding carboxylic acids is 1. The van der Waals surface area contributed by atoms with Crippen LogP contribution in [-0.4, -0.2) is 42.9 Å². The molecule has 23 heavy (non-hydrogen) atoms. The number of hydrogen-bond acceptors (Lipinski definition) is 4. The number of fused-ring (bicyclic) bond motifs is 1. The molecule has 0 radical (unpaired) electrons. The van der Waals surface area contributed by atoms with Gasteiger partial charge in [0.25, 0.3) is 5.91 Å². The Kier molecular flexibility index (Phi) is 3.38. The highest BCUT2D eigenvalue weighted by Gasteiger charge is 2.52. The van der Waals surface area contributed by atoms with E-state index in [9.17, 15) is 4.79 Å². The zero-order valence-corrected chi connectivity index (χ0v) is 13.0. The van der Waals surface area contributed by atoms with Crippen LogP contribution in [0.25, 0.3) is 6.08 Å². The van der Waals surface area contributed by atoms with E-state index in [-0.39, 0.29) is 11.9 Å². The number of benzene rings is 1. The van der Waals surface area contributed by atoms with E-state index in [0.717, 1.165) is 30.7 Å². The van der Waals surface area contributed by atoms with E-state index in [1.54, 1.807) is 19.3 Å². The van der Waals surface area contributed by atoms with Crippen LogP contribution in [0.5, 0.6) is 5.75 Å². The topological polar surface area (TPSA) is 48.0 Å². The predicted octanol–water partition coefficient (Wildman–Crippen LogP) is 2.34. The number of nitrogens with zero attached hydrogens (tertiary/aromatic N) is 1. The van der Waals surface area contributed by atoms with Gasteiger partial charge in [0, 0.05) is 12.6 Å². The normalized spacial score (nSPS) is 30.8. The zero-order chi connectivity index (χ0) is 15.9. The minimum absolute atomic E-state index is 0.0827. The minimum atomic E-state index is -1.26. The summed E-state index contributed by atoms with van der Waals surface area (Å²) in [5.74, 6) is 0.0817. The van der Waals surface area contributed by atoms with Crippen LogP contribution < -0.4 is 4.74 Å². The standard InChI is InChI=1S/C18H19NO4/c1-21-15-6-4-13(5-7-15)11-16-8-9-18(23-16)17(20)19-10-2-3-14(19)12-22-18/h4-9,11,14H,2-3,10,12H2,1H3/b16-11+/t14-,18-/m0/s1. The summed E-state index contributed by atoms with van der Waals surface area (Å²) < 4.78 is 16.8. The molecule has 2 fully saturated rings. The van der Waals surface area contributed by atoms with E-state index in [4.69, 9.17) is 14.2 Å². The molecule has 0 saturated carbocycles. The highest BCUT2D eigenvalue weighted by molar-refractivity contribution is 5.88. The Labute approximate surface area is 135 Å². The average molecular weight is 313 g/mol. The third kappa shape index (κ3) is 2.41. The fourth-order valence-corrected chi connectivity index (χ4v) is 3.33. The van der Waals surface area contributed by atoms with Gasteiger partial charge < -0.3 is 19.1 Å². The van der Waals surface area contributed by atoms with Crippen molar-refractivity contribution in [2.75, 3.05) is 20.3 Å². The largest absolute Gasteiger partial charge is 0.497 e. The van der Waals surface area contributed by atoms with Gasteiger partial charge in [-0.05, 0) is 42.7 Å². The first-order valence-corrected chi connectivity index (χ1v) is 7.89. The third-order valence-electron chi connectivity index (χ3n) is 4.59. The highest BCUT2D eigenvalue weighted by Crippen LogP contribution is 2.37. The highest BCUT2D eigenvalue weighted by atomic mass is 16.7. The van der Waals surface area contributed by atoms with E-state index in [1.165, 1.54) is 0 Å². The van der Waals surface area contributed by atoms with Gasteiger partial charge in [0.2, 0.25) is 0 Å². The van der Waals surface area contributed by atoms with Crippen LogP contribution in [0.15, 0.2) is 42.2 Å². The van der Waals surface area contributed by atoms with Crippen molar-refractivity contribution in [3.05, 3.63) is 47.7 Å². The van der Waals surface area contributed by atoms with Crippen LogP contribution in [0.3, 0.4) is 0 Å². The fourth-order valence-electron chi connectivity index (χ4n) is 3.33. The van der Waals surface area contributed by atoms with E-state index in [0.29, 0.717) is 12.4 Å². The number of ether oxygens (including phenoxy) is 3. The number of rotatable bonds is 2. The third-order valence-corrected chi connectivity index (χ3v) is 4.59. The summed E-state index contributed by atoms with van der Waals surface area (Å²) in [6.07, 6.45) is 7.46. The Bertz CT molecular complexity index is 679. The van der Waals surface area contributed by atoms with Crippen LogP contribution in [0.1, 0.15) is 18.4 Å². The van der Waals surface area contributed by atoms with Gasteiger partial charge >= 0.3 is 5.79 Å².